The standard InChI is InChI=1S/C16H23N3/c1-5-6-9-17-16-18-14(4)11-19(16)15-8-7-12(2)13(3)10-15/h7-8,10-11H,5-6,9H2,1-4H3,(H,17,18). The smallest absolute Gasteiger partial charge is 0.207 e. The maximum atomic E-state index is 4.56. The lowest BCUT2D eigenvalue weighted by atomic mass is 10.1. The summed E-state index contributed by atoms with van der Waals surface area (Å²) in [5.74, 6) is 0.939. The maximum Gasteiger partial charge on any atom is 0.207 e. The topological polar surface area (TPSA) is 29.9 Å². The molecule has 0 spiro atoms. The molecule has 0 saturated carbocycles. The van der Waals surface area contributed by atoms with Crippen LogP contribution in [-0.4, -0.2) is 16.1 Å². The number of imidazole rings is 1. The largest absolute Gasteiger partial charge is 0.355 e. The van der Waals surface area contributed by atoms with Crippen molar-refractivity contribution in [2.24, 2.45) is 0 Å². The lowest BCUT2D eigenvalue weighted by Crippen LogP contribution is -2.07. The monoisotopic (exact) mass is 257 g/mol. The van der Waals surface area contributed by atoms with Gasteiger partial charge in [-0.3, -0.25) is 4.57 Å². The van der Waals surface area contributed by atoms with Crippen molar-refractivity contribution in [1.29, 1.82) is 0 Å². The molecule has 0 fully saturated rings. The summed E-state index contributed by atoms with van der Waals surface area (Å²) in [7, 11) is 0. The van der Waals surface area contributed by atoms with E-state index >= 15 is 0 Å². The third-order valence-electron chi connectivity index (χ3n) is 3.41. The molecular weight excluding hydrogens is 234 g/mol. The molecule has 1 heterocycles. The van der Waals surface area contributed by atoms with Gasteiger partial charge >= 0.3 is 0 Å². The second-order valence-electron chi connectivity index (χ2n) is 5.12. The summed E-state index contributed by atoms with van der Waals surface area (Å²) < 4.78 is 2.14. The van der Waals surface area contributed by atoms with Crippen LogP contribution in [0.25, 0.3) is 5.69 Å². The molecule has 0 atom stereocenters. The highest BCUT2D eigenvalue weighted by Crippen LogP contribution is 2.19. The van der Waals surface area contributed by atoms with Crippen molar-refractivity contribution in [1.82, 2.24) is 9.55 Å². The van der Waals surface area contributed by atoms with Crippen LogP contribution in [0.15, 0.2) is 24.4 Å². The molecule has 0 bridgehead atoms. The molecule has 1 aromatic heterocycles. The van der Waals surface area contributed by atoms with Crippen molar-refractivity contribution in [3.8, 4) is 5.69 Å². The van der Waals surface area contributed by atoms with Crippen LogP contribution >= 0.6 is 0 Å². The second-order valence-corrected chi connectivity index (χ2v) is 5.12. The van der Waals surface area contributed by atoms with Gasteiger partial charge in [0.25, 0.3) is 0 Å². The number of benzene rings is 1. The maximum absolute atomic E-state index is 4.56. The third-order valence-corrected chi connectivity index (χ3v) is 3.41. The molecule has 102 valence electrons. The highest BCUT2D eigenvalue weighted by atomic mass is 15.2. The molecule has 0 amide bonds. The molecule has 3 nitrogen and oxygen atoms in total. The van der Waals surface area contributed by atoms with Crippen LogP contribution in [0, 0.1) is 20.8 Å². The van der Waals surface area contributed by atoms with Crippen LogP contribution in [0.5, 0.6) is 0 Å². The van der Waals surface area contributed by atoms with E-state index < -0.39 is 0 Å². The SMILES string of the molecule is CCCCNc1nc(C)cn1-c1ccc(C)c(C)c1. The Labute approximate surface area is 115 Å². The third kappa shape index (κ3) is 3.16. The highest BCUT2D eigenvalue weighted by molar-refractivity contribution is 5.46. The van der Waals surface area contributed by atoms with E-state index in [1.165, 1.54) is 29.7 Å². The summed E-state index contributed by atoms with van der Waals surface area (Å²) in [5.41, 5.74) is 4.84. The zero-order valence-electron chi connectivity index (χ0n) is 12.3. The van der Waals surface area contributed by atoms with Gasteiger partial charge in [0.2, 0.25) is 5.95 Å². The average Bonchev–Trinajstić information content (AvgIpc) is 2.74. The van der Waals surface area contributed by atoms with E-state index in [1.807, 2.05) is 6.92 Å². The van der Waals surface area contributed by atoms with Gasteiger partial charge in [-0.05, 0) is 50.5 Å². The minimum atomic E-state index is 0.939. The summed E-state index contributed by atoms with van der Waals surface area (Å²) in [6, 6.07) is 6.52. The Hall–Kier alpha value is -1.77. The Balaban J connectivity index is 2.29. The summed E-state index contributed by atoms with van der Waals surface area (Å²) in [4.78, 5) is 4.56. The van der Waals surface area contributed by atoms with E-state index in [2.05, 4.69) is 60.0 Å². The number of anilines is 1. The predicted molar refractivity (Wildman–Crippen MR) is 81.2 cm³/mol. The fourth-order valence-corrected chi connectivity index (χ4v) is 2.07. The fourth-order valence-electron chi connectivity index (χ4n) is 2.07. The Bertz CT molecular complexity index is 555. The summed E-state index contributed by atoms with van der Waals surface area (Å²) in [6.45, 7) is 9.48. The lowest BCUT2D eigenvalue weighted by molar-refractivity contribution is 0.823. The van der Waals surface area contributed by atoms with Crippen LogP contribution in [0.4, 0.5) is 5.95 Å². The van der Waals surface area contributed by atoms with Crippen molar-refractivity contribution >= 4 is 5.95 Å². The van der Waals surface area contributed by atoms with Gasteiger partial charge in [0.15, 0.2) is 0 Å². The summed E-state index contributed by atoms with van der Waals surface area (Å²) in [5, 5.41) is 3.42. The van der Waals surface area contributed by atoms with Crippen LogP contribution < -0.4 is 5.32 Å². The zero-order chi connectivity index (χ0) is 13.8. The van der Waals surface area contributed by atoms with Gasteiger partial charge in [-0.2, -0.15) is 0 Å². The number of unbranched alkanes of at least 4 members (excludes halogenated alkanes) is 1. The number of nitrogens with one attached hydrogen (secondary N) is 1. The van der Waals surface area contributed by atoms with Crippen molar-refractivity contribution in [2.75, 3.05) is 11.9 Å². The van der Waals surface area contributed by atoms with Crippen molar-refractivity contribution in [2.45, 2.75) is 40.5 Å². The zero-order valence-corrected chi connectivity index (χ0v) is 12.3. The molecule has 0 aliphatic carbocycles. The van der Waals surface area contributed by atoms with Crippen molar-refractivity contribution in [3.05, 3.63) is 41.2 Å². The first-order chi connectivity index (χ1) is 9.11. The second kappa shape index (κ2) is 5.91. The van der Waals surface area contributed by atoms with Crippen molar-refractivity contribution in [3.63, 3.8) is 0 Å². The Morgan fingerprint density at radius 3 is 2.63 bits per heavy atom. The minimum Gasteiger partial charge on any atom is -0.355 e. The van der Waals surface area contributed by atoms with E-state index in [1.54, 1.807) is 0 Å². The fraction of sp³-hybridized carbons (Fsp3) is 0.438. The van der Waals surface area contributed by atoms with Gasteiger partial charge in [-0.1, -0.05) is 19.4 Å². The molecular formula is C16H23N3. The number of rotatable bonds is 5. The van der Waals surface area contributed by atoms with Gasteiger partial charge in [0, 0.05) is 18.4 Å². The molecule has 0 unspecified atom stereocenters. The minimum absolute atomic E-state index is 0.939. The van der Waals surface area contributed by atoms with Crippen LogP contribution in [0.2, 0.25) is 0 Å². The van der Waals surface area contributed by atoms with E-state index in [9.17, 15) is 0 Å². The average molecular weight is 257 g/mol. The van der Waals surface area contributed by atoms with Gasteiger partial charge in [-0.25, -0.2) is 4.98 Å². The Morgan fingerprint density at radius 1 is 1.16 bits per heavy atom. The molecule has 0 aliphatic rings. The predicted octanol–water partition coefficient (Wildman–Crippen LogP) is 4.01. The Kier molecular flexibility index (Phi) is 4.25. The molecule has 1 aromatic carbocycles. The van der Waals surface area contributed by atoms with Gasteiger partial charge in [0.05, 0.1) is 5.69 Å². The van der Waals surface area contributed by atoms with Gasteiger partial charge in [0.1, 0.15) is 0 Å². The van der Waals surface area contributed by atoms with Crippen LogP contribution in [0.1, 0.15) is 36.6 Å². The van der Waals surface area contributed by atoms with E-state index in [4.69, 9.17) is 0 Å². The molecule has 2 rings (SSSR count). The van der Waals surface area contributed by atoms with Crippen LogP contribution in [-0.2, 0) is 0 Å². The van der Waals surface area contributed by atoms with Gasteiger partial charge < -0.3 is 5.32 Å². The molecule has 3 heteroatoms. The first-order valence-electron chi connectivity index (χ1n) is 6.99. The normalized spacial score (nSPS) is 10.7. The molecule has 0 saturated heterocycles. The molecule has 2 aromatic rings. The molecule has 0 radical (unpaired) electrons. The van der Waals surface area contributed by atoms with Crippen molar-refractivity contribution < 1.29 is 0 Å². The Morgan fingerprint density at radius 2 is 1.95 bits per heavy atom. The van der Waals surface area contributed by atoms with Crippen LogP contribution in [0.3, 0.4) is 0 Å². The van der Waals surface area contributed by atoms with Gasteiger partial charge in [-0.15, -0.1) is 0 Å². The number of hydrogen-bond donors (Lipinski definition) is 1. The summed E-state index contributed by atoms with van der Waals surface area (Å²) in [6.07, 6.45) is 4.44. The van der Waals surface area contributed by atoms with E-state index in [0.717, 1.165) is 18.2 Å². The highest BCUT2D eigenvalue weighted by Gasteiger charge is 2.07. The lowest BCUT2D eigenvalue weighted by Gasteiger charge is -2.11. The first-order valence-corrected chi connectivity index (χ1v) is 6.99. The number of aromatic nitrogens is 2. The summed E-state index contributed by atoms with van der Waals surface area (Å²) >= 11 is 0. The van der Waals surface area contributed by atoms with E-state index in [-0.39, 0.29) is 0 Å². The van der Waals surface area contributed by atoms with E-state index in [0.29, 0.717) is 0 Å². The number of aryl methyl sites for hydroxylation is 3. The number of hydrogen-bond acceptors (Lipinski definition) is 2. The molecule has 1 N–H and O–H groups in total. The first kappa shape index (κ1) is 13.7. The quantitative estimate of drug-likeness (QED) is 0.820. The number of nitrogens with zero attached hydrogens (tertiary/aromatic N) is 2. The molecule has 0 aliphatic heterocycles. The molecule has 19 heavy (non-hydrogen) atoms.